The van der Waals surface area contributed by atoms with Gasteiger partial charge in [-0.05, 0) is 29.8 Å². The minimum Gasteiger partial charge on any atom is -0.495 e. The van der Waals surface area contributed by atoms with Crippen molar-refractivity contribution in [2.45, 2.75) is 10.9 Å². The molecule has 0 amide bonds. The predicted octanol–water partition coefficient (Wildman–Crippen LogP) is 4.59. The Morgan fingerprint density at radius 2 is 1.73 bits per heavy atom. The number of hydrogen-bond donors (Lipinski definition) is 0. The number of hydrogen-bond acceptors (Lipinski definition) is 6. The van der Waals surface area contributed by atoms with E-state index >= 15 is 0 Å². The zero-order chi connectivity index (χ0) is 21.1. The first kappa shape index (κ1) is 19.7. The van der Waals surface area contributed by atoms with E-state index in [1.54, 1.807) is 42.0 Å². The Hall–Kier alpha value is -3.65. The zero-order valence-electron chi connectivity index (χ0n) is 16.0. The molecule has 1 heterocycles. The summed E-state index contributed by atoms with van der Waals surface area (Å²) in [5.74, 6) is 1.06. The zero-order valence-corrected chi connectivity index (χ0v) is 16.8. The summed E-state index contributed by atoms with van der Waals surface area (Å²) >= 11 is 1.38. The maximum atomic E-state index is 13.3. The fraction of sp³-hybridized carbons (Fsp3) is 0.0909. The molecule has 0 fully saturated rings. The Morgan fingerprint density at radius 1 is 1.03 bits per heavy atom. The lowest BCUT2D eigenvalue weighted by atomic mass is 10.2. The van der Waals surface area contributed by atoms with Crippen LogP contribution in [0.1, 0.15) is 5.56 Å². The molecule has 7 nitrogen and oxygen atoms in total. The number of nitro groups is 1. The van der Waals surface area contributed by atoms with Crippen molar-refractivity contribution in [1.29, 1.82) is 0 Å². The van der Waals surface area contributed by atoms with Gasteiger partial charge in [0.2, 0.25) is 0 Å². The molecular weight excluding hydrogens is 402 g/mol. The number of para-hydroxylation sites is 3. The predicted molar refractivity (Wildman–Crippen MR) is 117 cm³/mol. The van der Waals surface area contributed by atoms with E-state index in [-0.39, 0.29) is 11.2 Å². The van der Waals surface area contributed by atoms with Gasteiger partial charge in [0.15, 0.2) is 5.16 Å². The first-order chi connectivity index (χ1) is 14.6. The number of nitro benzene ring substituents is 1. The van der Waals surface area contributed by atoms with Crippen LogP contribution in [-0.2, 0) is 5.75 Å². The van der Waals surface area contributed by atoms with Gasteiger partial charge in [-0.25, -0.2) is 4.98 Å². The number of rotatable bonds is 6. The Kier molecular flexibility index (Phi) is 5.49. The molecule has 0 saturated heterocycles. The molecule has 150 valence electrons. The van der Waals surface area contributed by atoms with Gasteiger partial charge in [-0.3, -0.25) is 19.5 Å². The number of aromatic nitrogens is 2. The van der Waals surface area contributed by atoms with Gasteiger partial charge in [0, 0.05) is 17.9 Å². The van der Waals surface area contributed by atoms with Gasteiger partial charge in [0.05, 0.1) is 28.6 Å². The van der Waals surface area contributed by atoms with E-state index in [1.807, 2.05) is 30.3 Å². The average Bonchev–Trinajstić information content (AvgIpc) is 2.78. The minimum atomic E-state index is -0.429. The second kappa shape index (κ2) is 8.38. The number of non-ortho nitro benzene ring substituents is 1. The lowest BCUT2D eigenvalue weighted by Gasteiger charge is -2.15. The topological polar surface area (TPSA) is 87.3 Å². The van der Waals surface area contributed by atoms with E-state index in [1.165, 1.54) is 23.9 Å². The molecule has 0 aliphatic carbocycles. The third-order valence-corrected chi connectivity index (χ3v) is 5.60. The molecule has 0 aliphatic heterocycles. The monoisotopic (exact) mass is 419 g/mol. The highest BCUT2D eigenvalue weighted by atomic mass is 32.2. The molecule has 0 atom stereocenters. The molecule has 0 N–H and O–H groups in total. The van der Waals surface area contributed by atoms with Gasteiger partial charge >= 0.3 is 0 Å². The fourth-order valence-electron chi connectivity index (χ4n) is 3.10. The number of nitrogens with zero attached hydrogens (tertiary/aromatic N) is 3. The first-order valence-electron chi connectivity index (χ1n) is 9.10. The van der Waals surface area contributed by atoms with E-state index in [4.69, 9.17) is 9.72 Å². The summed E-state index contributed by atoms with van der Waals surface area (Å²) in [7, 11) is 1.56. The lowest BCUT2D eigenvalue weighted by molar-refractivity contribution is -0.384. The summed E-state index contributed by atoms with van der Waals surface area (Å²) in [6.45, 7) is 0. The quantitative estimate of drug-likeness (QED) is 0.197. The number of methoxy groups -OCH3 is 1. The molecule has 4 rings (SSSR count). The van der Waals surface area contributed by atoms with Crippen molar-refractivity contribution in [3.05, 3.63) is 98.8 Å². The van der Waals surface area contributed by atoms with E-state index < -0.39 is 4.92 Å². The SMILES string of the molecule is COc1ccccc1-n1c(SCc2ccc([N+](=O)[O-])cc2)nc2ccccc2c1=O. The Morgan fingerprint density at radius 3 is 2.47 bits per heavy atom. The third kappa shape index (κ3) is 3.77. The summed E-state index contributed by atoms with van der Waals surface area (Å²) in [6, 6.07) is 20.8. The smallest absolute Gasteiger partial charge is 0.269 e. The Balaban J connectivity index is 1.80. The average molecular weight is 419 g/mol. The van der Waals surface area contributed by atoms with Crippen LogP contribution in [0.2, 0.25) is 0 Å². The van der Waals surface area contributed by atoms with Crippen LogP contribution in [0.25, 0.3) is 16.6 Å². The van der Waals surface area contributed by atoms with Gasteiger partial charge in [0.25, 0.3) is 11.2 Å². The lowest BCUT2D eigenvalue weighted by Crippen LogP contribution is -2.22. The van der Waals surface area contributed by atoms with Crippen LogP contribution in [0.15, 0.2) is 82.7 Å². The van der Waals surface area contributed by atoms with Crippen LogP contribution in [0.4, 0.5) is 5.69 Å². The van der Waals surface area contributed by atoms with E-state index in [0.717, 1.165) is 5.56 Å². The number of fused-ring (bicyclic) bond motifs is 1. The number of ether oxygens (including phenoxy) is 1. The van der Waals surface area contributed by atoms with E-state index in [9.17, 15) is 14.9 Å². The maximum Gasteiger partial charge on any atom is 0.269 e. The van der Waals surface area contributed by atoms with Crippen LogP contribution in [-0.4, -0.2) is 21.6 Å². The second-order valence-corrected chi connectivity index (χ2v) is 7.38. The summed E-state index contributed by atoms with van der Waals surface area (Å²) < 4.78 is 7.01. The molecule has 3 aromatic carbocycles. The molecule has 4 aromatic rings. The minimum absolute atomic E-state index is 0.0403. The standard InChI is InChI=1S/C22H17N3O4S/c1-29-20-9-5-4-8-19(20)24-21(26)17-6-2-3-7-18(17)23-22(24)30-14-15-10-12-16(13-11-15)25(27)28/h2-13H,14H2,1H3. The van der Waals surface area contributed by atoms with Crippen LogP contribution >= 0.6 is 11.8 Å². The Labute approximate surface area is 176 Å². The molecule has 8 heteroatoms. The van der Waals surface area contributed by atoms with Crippen molar-refractivity contribution in [3.63, 3.8) is 0 Å². The number of benzene rings is 3. The van der Waals surface area contributed by atoms with Crippen molar-refractivity contribution >= 4 is 28.4 Å². The first-order valence-corrected chi connectivity index (χ1v) is 10.1. The highest BCUT2D eigenvalue weighted by Gasteiger charge is 2.16. The van der Waals surface area contributed by atoms with Gasteiger partial charge in [-0.15, -0.1) is 0 Å². The number of thioether (sulfide) groups is 1. The molecule has 0 aliphatic rings. The van der Waals surface area contributed by atoms with Gasteiger partial charge in [-0.1, -0.05) is 48.2 Å². The fourth-order valence-corrected chi connectivity index (χ4v) is 4.06. The van der Waals surface area contributed by atoms with Crippen molar-refractivity contribution in [2.24, 2.45) is 0 Å². The maximum absolute atomic E-state index is 13.3. The summed E-state index contributed by atoms with van der Waals surface area (Å²) in [5, 5.41) is 11.9. The highest BCUT2D eigenvalue weighted by Crippen LogP contribution is 2.29. The molecule has 0 saturated carbocycles. The van der Waals surface area contributed by atoms with Gasteiger partial charge < -0.3 is 4.74 Å². The van der Waals surface area contributed by atoms with Crippen LogP contribution in [0.5, 0.6) is 5.75 Å². The largest absolute Gasteiger partial charge is 0.495 e. The Bertz CT molecular complexity index is 1290. The normalized spacial score (nSPS) is 10.8. The third-order valence-electron chi connectivity index (χ3n) is 4.59. The van der Waals surface area contributed by atoms with Gasteiger partial charge in [-0.2, -0.15) is 0 Å². The van der Waals surface area contributed by atoms with Crippen molar-refractivity contribution < 1.29 is 9.66 Å². The molecule has 0 unspecified atom stereocenters. The molecule has 30 heavy (non-hydrogen) atoms. The summed E-state index contributed by atoms with van der Waals surface area (Å²) in [5.41, 5.74) is 1.96. The summed E-state index contributed by atoms with van der Waals surface area (Å²) in [4.78, 5) is 28.5. The van der Waals surface area contributed by atoms with E-state index in [2.05, 4.69) is 0 Å². The molecule has 0 radical (unpaired) electrons. The van der Waals surface area contributed by atoms with Gasteiger partial charge in [0.1, 0.15) is 5.75 Å². The van der Waals surface area contributed by atoms with Crippen LogP contribution in [0.3, 0.4) is 0 Å². The van der Waals surface area contributed by atoms with Crippen molar-refractivity contribution in [2.75, 3.05) is 7.11 Å². The van der Waals surface area contributed by atoms with Crippen LogP contribution in [0, 0.1) is 10.1 Å². The highest BCUT2D eigenvalue weighted by molar-refractivity contribution is 7.98. The van der Waals surface area contributed by atoms with Crippen molar-refractivity contribution in [3.8, 4) is 11.4 Å². The summed E-state index contributed by atoms with van der Waals surface area (Å²) in [6.07, 6.45) is 0. The molecule has 0 spiro atoms. The molecule has 1 aromatic heterocycles. The van der Waals surface area contributed by atoms with Crippen LogP contribution < -0.4 is 10.3 Å². The van der Waals surface area contributed by atoms with Crippen molar-refractivity contribution in [1.82, 2.24) is 9.55 Å². The van der Waals surface area contributed by atoms with E-state index in [0.29, 0.717) is 33.2 Å². The molecule has 0 bridgehead atoms. The second-order valence-electron chi connectivity index (χ2n) is 6.44. The molecular formula is C22H17N3O4S.